The van der Waals surface area contributed by atoms with Crippen molar-refractivity contribution in [1.82, 2.24) is 19.9 Å². The Morgan fingerprint density at radius 2 is 2.07 bits per heavy atom. The number of anilines is 4. The number of fused-ring (bicyclic) bond motifs is 3. The molecule has 1 saturated heterocycles. The molecule has 1 unspecified atom stereocenters. The number of thiazole rings is 1. The Bertz CT molecular complexity index is 1730. The van der Waals surface area contributed by atoms with E-state index in [4.69, 9.17) is 21.1 Å². The van der Waals surface area contributed by atoms with E-state index in [1.54, 1.807) is 24.3 Å². The number of carbonyl (C=O) groups is 2. The maximum absolute atomic E-state index is 15.5. The van der Waals surface area contributed by atoms with Gasteiger partial charge in [-0.15, -0.1) is 0 Å². The lowest BCUT2D eigenvalue weighted by molar-refractivity contribution is -0.131. The second-order valence-corrected chi connectivity index (χ2v) is 11.7. The summed E-state index contributed by atoms with van der Waals surface area (Å²) in [7, 11) is 1.49. The van der Waals surface area contributed by atoms with Crippen LogP contribution in [-0.4, -0.2) is 71.1 Å². The van der Waals surface area contributed by atoms with Crippen LogP contribution in [0.2, 0.25) is 5.02 Å². The number of aromatic nitrogens is 3. The predicted molar refractivity (Wildman–Crippen MR) is 167 cm³/mol. The highest BCUT2D eigenvalue weighted by molar-refractivity contribution is 7.17. The van der Waals surface area contributed by atoms with Crippen LogP contribution < -0.4 is 25.0 Å². The van der Waals surface area contributed by atoms with Crippen molar-refractivity contribution in [1.29, 1.82) is 0 Å². The minimum absolute atomic E-state index is 0.0874. The van der Waals surface area contributed by atoms with Crippen molar-refractivity contribution in [3.63, 3.8) is 0 Å². The smallest absolute Gasteiger partial charge is 0.267 e. The molecule has 0 radical (unpaired) electrons. The van der Waals surface area contributed by atoms with Crippen molar-refractivity contribution in [3.8, 4) is 22.8 Å². The number of carbonyl (C=O) groups excluding carboxylic acids is 2. The zero-order chi connectivity index (χ0) is 31.0. The fourth-order valence-corrected chi connectivity index (χ4v) is 6.20. The van der Waals surface area contributed by atoms with Gasteiger partial charge < -0.3 is 29.9 Å². The number of amides is 2. The topological polar surface area (TPSA) is 122 Å². The van der Waals surface area contributed by atoms with Gasteiger partial charge in [0.25, 0.3) is 5.91 Å². The normalized spacial score (nSPS) is 15.6. The Morgan fingerprint density at radius 1 is 1.23 bits per heavy atom. The van der Waals surface area contributed by atoms with E-state index in [0.717, 1.165) is 16.9 Å². The summed E-state index contributed by atoms with van der Waals surface area (Å²) in [5, 5.41) is 6.74. The summed E-state index contributed by atoms with van der Waals surface area (Å²) < 4.78 is 27.0. The van der Waals surface area contributed by atoms with Crippen molar-refractivity contribution >= 4 is 57.2 Å². The third-order valence-electron chi connectivity index (χ3n) is 7.53. The van der Waals surface area contributed by atoms with E-state index >= 15 is 4.39 Å². The molecule has 11 nitrogen and oxygen atoms in total. The first-order valence-corrected chi connectivity index (χ1v) is 15.2. The largest absolute Gasteiger partial charge is 0.493 e. The molecule has 4 aromatic rings. The van der Waals surface area contributed by atoms with Gasteiger partial charge in [-0.05, 0) is 36.8 Å². The average molecular weight is 638 g/mol. The van der Waals surface area contributed by atoms with E-state index in [0.29, 0.717) is 76.4 Å². The number of halogens is 2. The second kappa shape index (κ2) is 12.2. The standard InChI is InChI=1S/C30H29ClFN7O4S/c1-4-24(40)38-10-11-39-17(14-38)15-43-22-12-18(26(32)36-28(22)39)20-8-9-21(42-3)27(34-20)37-30-33-13-23(44-30)29(41)35-25-16(2)6-5-7-19(25)31/h5-9,12-13,17H,4,10-11,14-15H2,1-3H3,(H,35,41)(H,33,34,37). The summed E-state index contributed by atoms with van der Waals surface area (Å²) >= 11 is 7.37. The van der Waals surface area contributed by atoms with E-state index < -0.39 is 5.95 Å². The minimum atomic E-state index is -0.702. The number of ether oxygens (including phenoxy) is 2. The Morgan fingerprint density at radius 3 is 2.84 bits per heavy atom. The number of methoxy groups -OCH3 is 1. The van der Waals surface area contributed by atoms with Gasteiger partial charge in [-0.25, -0.2) is 9.97 Å². The van der Waals surface area contributed by atoms with Crippen molar-refractivity contribution in [3.05, 3.63) is 64.0 Å². The summed E-state index contributed by atoms with van der Waals surface area (Å²) in [6.45, 7) is 5.64. The molecule has 0 saturated carbocycles. The molecule has 1 aromatic carbocycles. The number of hydrogen-bond donors (Lipinski definition) is 2. The minimum Gasteiger partial charge on any atom is -0.493 e. The molecule has 0 bridgehead atoms. The number of nitrogens with zero attached hydrogens (tertiary/aromatic N) is 5. The number of pyridine rings is 2. The average Bonchev–Trinajstić information content (AvgIpc) is 3.50. The second-order valence-electron chi connectivity index (χ2n) is 10.3. The quantitative estimate of drug-likeness (QED) is 0.252. The van der Waals surface area contributed by atoms with Gasteiger partial charge in [-0.3, -0.25) is 9.59 Å². The van der Waals surface area contributed by atoms with Crippen LogP contribution >= 0.6 is 22.9 Å². The first-order valence-electron chi connectivity index (χ1n) is 14.0. The van der Waals surface area contributed by atoms with Gasteiger partial charge in [0.1, 0.15) is 11.5 Å². The lowest BCUT2D eigenvalue weighted by Gasteiger charge is -2.44. The van der Waals surface area contributed by atoms with Crippen LogP contribution in [0.5, 0.6) is 11.5 Å². The van der Waals surface area contributed by atoms with Gasteiger partial charge in [0.15, 0.2) is 28.3 Å². The van der Waals surface area contributed by atoms with Crippen LogP contribution in [0.15, 0.2) is 42.6 Å². The molecule has 1 atom stereocenters. The first kappa shape index (κ1) is 29.6. The van der Waals surface area contributed by atoms with Crippen LogP contribution in [0.3, 0.4) is 0 Å². The van der Waals surface area contributed by atoms with Gasteiger partial charge in [0, 0.05) is 26.1 Å². The molecule has 5 heterocycles. The lowest BCUT2D eigenvalue weighted by atomic mass is 10.1. The maximum atomic E-state index is 15.5. The molecule has 3 aromatic heterocycles. The van der Waals surface area contributed by atoms with Gasteiger partial charge in [0.05, 0.1) is 41.3 Å². The van der Waals surface area contributed by atoms with E-state index in [9.17, 15) is 9.59 Å². The van der Waals surface area contributed by atoms with Crippen LogP contribution in [0, 0.1) is 12.9 Å². The third-order valence-corrected chi connectivity index (χ3v) is 8.76. The number of piperazine rings is 1. The molecule has 44 heavy (non-hydrogen) atoms. The van der Waals surface area contributed by atoms with Gasteiger partial charge >= 0.3 is 0 Å². The Hall–Kier alpha value is -4.49. The molecule has 1 fully saturated rings. The molecular weight excluding hydrogens is 609 g/mol. The van der Waals surface area contributed by atoms with E-state index in [2.05, 4.69) is 25.6 Å². The number of rotatable bonds is 7. The van der Waals surface area contributed by atoms with E-state index in [-0.39, 0.29) is 29.2 Å². The van der Waals surface area contributed by atoms with Crippen molar-refractivity contribution in [2.75, 3.05) is 48.9 Å². The van der Waals surface area contributed by atoms with Crippen LogP contribution in [0.1, 0.15) is 28.6 Å². The third kappa shape index (κ3) is 5.72. The molecular formula is C30H29ClFN7O4S. The zero-order valence-corrected chi connectivity index (χ0v) is 25.8. The highest BCUT2D eigenvalue weighted by Crippen LogP contribution is 2.39. The fraction of sp³-hybridized carbons (Fsp3) is 0.300. The fourth-order valence-electron chi connectivity index (χ4n) is 5.22. The maximum Gasteiger partial charge on any atom is 0.267 e. The number of hydrogen-bond acceptors (Lipinski definition) is 10. The molecule has 6 rings (SSSR count). The molecule has 0 aliphatic carbocycles. The summed E-state index contributed by atoms with van der Waals surface area (Å²) in [4.78, 5) is 42.4. The van der Waals surface area contributed by atoms with Gasteiger partial charge in [0.2, 0.25) is 11.9 Å². The Balaban J connectivity index is 1.22. The molecule has 2 N–H and O–H groups in total. The molecule has 228 valence electrons. The molecule has 2 aliphatic rings. The summed E-state index contributed by atoms with van der Waals surface area (Å²) in [6.07, 6.45) is 1.88. The first-order chi connectivity index (χ1) is 21.2. The molecule has 2 amide bonds. The highest BCUT2D eigenvalue weighted by atomic mass is 35.5. The van der Waals surface area contributed by atoms with Crippen molar-refractivity contribution in [2.24, 2.45) is 0 Å². The number of benzene rings is 1. The number of para-hydroxylation sites is 1. The lowest BCUT2D eigenvalue weighted by Crippen LogP contribution is -2.58. The van der Waals surface area contributed by atoms with Gasteiger partial charge in [-0.2, -0.15) is 9.37 Å². The van der Waals surface area contributed by atoms with E-state index in [1.807, 2.05) is 35.8 Å². The van der Waals surface area contributed by atoms with Crippen molar-refractivity contribution in [2.45, 2.75) is 26.3 Å². The molecule has 0 spiro atoms. The Kier molecular flexibility index (Phi) is 8.23. The van der Waals surface area contributed by atoms with Crippen molar-refractivity contribution < 1.29 is 23.5 Å². The summed E-state index contributed by atoms with van der Waals surface area (Å²) in [6, 6.07) is 10.2. The van der Waals surface area contributed by atoms with Crippen LogP contribution in [0.4, 0.5) is 26.8 Å². The predicted octanol–water partition coefficient (Wildman–Crippen LogP) is 5.53. The number of aryl methyl sites for hydroxylation is 1. The van der Waals surface area contributed by atoms with E-state index in [1.165, 1.54) is 13.3 Å². The monoisotopic (exact) mass is 637 g/mol. The SMILES string of the molecule is CCC(=O)N1CCN2c3nc(F)c(-c4ccc(OC)c(Nc5ncc(C(=O)Nc6c(C)cccc6Cl)s5)n4)cc3OCC2C1. The summed E-state index contributed by atoms with van der Waals surface area (Å²) in [5.74, 6) is 0.567. The highest BCUT2D eigenvalue weighted by Gasteiger charge is 2.36. The number of nitrogens with one attached hydrogen (secondary N) is 2. The molecule has 2 aliphatic heterocycles. The van der Waals surface area contributed by atoms with Crippen LogP contribution in [0.25, 0.3) is 11.3 Å². The van der Waals surface area contributed by atoms with Crippen LogP contribution in [-0.2, 0) is 4.79 Å². The zero-order valence-electron chi connectivity index (χ0n) is 24.2. The summed E-state index contributed by atoms with van der Waals surface area (Å²) in [5.41, 5.74) is 1.82. The Labute approximate surface area is 262 Å². The van der Waals surface area contributed by atoms with Gasteiger partial charge in [-0.1, -0.05) is 42.0 Å². The molecule has 14 heteroatoms.